The van der Waals surface area contributed by atoms with Gasteiger partial charge in [-0.05, 0) is 46.3 Å². The van der Waals surface area contributed by atoms with Crippen LogP contribution in [-0.4, -0.2) is 20.7 Å². The van der Waals surface area contributed by atoms with Gasteiger partial charge >= 0.3 is 0 Å². The predicted molar refractivity (Wildman–Crippen MR) is 83.4 cm³/mol. The molecule has 0 atom stereocenters. The molecule has 0 fully saturated rings. The van der Waals surface area contributed by atoms with E-state index < -0.39 is 5.82 Å². The van der Waals surface area contributed by atoms with E-state index >= 15 is 0 Å². The Morgan fingerprint density at radius 3 is 2.77 bits per heavy atom. The summed E-state index contributed by atoms with van der Waals surface area (Å²) in [5.74, 6) is -0.758. The quantitative estimate of drug-likeness (QED) is 0.778. The first-order valence-corrected chi connectivity index (χ1v) is 7.15. The van der Waals surface area contributed by atoms with Gasteiger partial charge in [0.1, 0.15) is 18.5 Å². The van der Waals surface area contributed by atoms with E-state index in [0.29, 0.717) is 21.4 Å². The Morgan fingerprint density at radius 2 is 2.05 bits per heavy atom. The molecule has 0 radical (unpaired) electrons. The van der Waals surface area contributed by atoms with Crippen molar-refractivity contribution in [1.82, 2.24) is 14.8 Å². The molecule has 1 N–H and O–H groups in total. The summed E-state index contributed by atoms with van der Waals surface area (Å²) in [5.41, 5.74) is 1.61. The number of amides is 1. The number of halogens is 2. The first kappa shape index (κ1) is 14.4. The van der Waals surface area contributed by atoms with E-state index in [4.69, 9.17) is 0 Å². The molecule has 2 aromatic carbocycles. The molecule has 5 nitrogen and oxygen atoms in total. The van der Waals surface area contributed by atoms with Gasteiger partial charge in [0.2, 0.25) is 0 Å². The monoisotopic (exact) mass is 360 g/mol. The highest BCUT2D eigenvalue weighted by Gasteiger charge is 2.13. The molecule has 0 saturated heterocycles. The van der Waals surface area contributed by atoms with Crippen molar-refractivity contribution in [3.8, 4) is 5.69 Å². The van der Waals surface area contributed by atoms with Crippen molar-refractivity contribution in [2.75, 3.05) is 5.32 Å². The summed E-state index contributed by atoms with van der Waals surface area (Å²) in [5, 5.41) is 6.85. The summed E-state index contributed by atoms with van der Waals surface area (Å²) >= 11 is 3.19. The molecule has 1 aromatic heterocycles. The van der Waals surface area contributed by atoms with Gasteiger partial charge in [0.25, 0.3) is 5.91 Å². The summed E-state index contributed by atoms with van der Waals surface area (Å²) in [6, 6.07) is 11.1. The zero-order chi connectivity index (χ0) is 15.5. The molecule has 0 aliphatic carbocycles. The molecule has 110 valence electrons. The fourth-order valence-electron chi connectivity index (χ4n) is 1.98. The number of carbonyl (C=O) groups excluding carboxylic acids is 1. The van der Waals surface area contributed by atoms with Gasteiger partial charge in [-0.1, -0.05) is 12.1 Å². The average Bonchev–Trinajstić information content (AvgIpc) is 3.01. The number of rotatable bonds is 3. The Hall–Kier alpha value is -2.54. The second-order valence-electron chi connectivity index (χ2n) is 4.44. The Morgan fingerprint density at radius 1 is 1.23 bits per heavy atom. The minimum Gasteiger partial charge on any atom is -0.320 e. The van der Waals surface area contributed by atoms with Crippen LogP contribution in [-0.2, 0) is 0 Å². The third kappa shape index (κ3) is 2.89. The summed E-state index contributed by atoms with van der Waals surface area (Å²) in [6.07, 6.45) is 2.95. The van der Waals surface area contributed by atoms with E-state index in [0.717, 1.165) is 0 Å². The van der Waals surface area contributed by atoms with E-state index in [-0.39, 0.29) is 5.91 Å². The van der Waals surface area contributed by atoms with Gasteiger partial charge in [0.15, 0.2) is 0 Å². The number of hydrogen-bond donors (Lipinski definition) is 1. The van der Waals surface area contributed by atoms with Crippen LogP contribution in [0.15, 0.2) is 59.6 Å². The van der Waals surface area contributed by atoms with E-state index in [1.54, 1.807) is 23.1 Å². The molecular weight excluding hydrogens is 351 g/mol. The highest BCUT2D eigenvalue weighted by Crippen LogP contribution is 2.22. The number of aromatic nitrogens is 3. The van der Waals surface area contributed by atoms with Crippen LogP contribution >= 0.6 is 15.9 Å². The molecule has 1 amide bonds. The summed E-state index contributed by atoms with van der Waals surface area (Å²) in [6.45, 7) is 0. The number of nitrogens with one attached hydrogen (secondary N) is 1. The number of carbonyl (C=O) groups is 1. The minimum atomic E-state index is -0.411. The van der Waals surface area contributed by atoms with Crippen LogP contribution in [0.5, 0.6) is 0 Å². The maximum atomic E-state index is 13.1. The number of nitrogens with zero attached hydrogens (tertiary/aromatic N) is 3. The Balaban J connectivity index is 1.92. The molecule has 3 rings (SSSR count). The maximum absolute atomic E-state index is 13.1. The summed E-state index contributed by atoms with van der Waals surface area (Å²) in [4.78, 5) is 16.2. The second kappa shape index (κ2) is 6.07. The summed E-state index contributed by atoms with van der Waals surface area (Å²) in [7, 11) is 0. The average molecular weight is 361 g/mol. The molecule has 7 heteroatoms. The molecule has 0 spiro atoms. The first-order valence-electron chi connectivity index (χ1n) is 6.35. The third-order valence-corrected chi connectivity index (χ3v) is 3.65. The lowest BCUT2D eigenvalue weighted by Crippen LogP contribution is -2.14. The van der Waals surface area contributed by atoms with Gasteiger partial charge in [-0.25, -0.2) is 14.1 Å². The Kier molecular flexibility index (Phi) is 3.97. The van der Waals surface area contributed by atoms with Crippen molar-refractivity contribution in [3.05, 3.63) is 71.0 Å². The maximum Gasteiger partial charge on any atom is 0.256 e. The van der Waals surface area contributed by atoms with Crippen LogP contribution in [0.1, 0.15) is 10.4 Å². The molecule has 0 bridgehead atoms. The van der Waals surface area contributed by atoms with Crippen molar-refractivity contribution >= 4 is 27.5 Å². The van der Waals surface area contributed by atoms with Gasteiger partial charge in [0.05, 0.1) is 16.9 Å². The van der Waals surface area contributed by atoms with Gasteiger partial charge < -0.3 is 5.32 Å². The fraction of sp³-hybridized carbons (Fsp3) is 0. The van der Waals surface area contributed by atoms with E-state index in [9.17, 15) is 9.18 Å². The van der Waals surface area contributed by atoms with E-state index in [1.165, 1.54) is 24.5 Å². The fourth-order valence-corrected chi connectivity index (χ4v) is 2.51. The van der Waals surface area contributed by atoms with Gasteiger partial charge in [0, 0.05) is 4.47 Å². The number of benzene rings is 2. The lowest BCUT2D eigenvalue weighted by atomic mass is 10.2. The minimum absolute atomic E-state index is 0.342. The van der Waals surface area contributed by atoms with Crippen molar-refractivity contribution in [2.45, 2.75) is 0 Å². The number of para-hydroxylation sites is 2. The van der Waals surface area contributed by atoms with Crippen LogP contribution < -0.4 is 5.32 Å². The second-order valence-corrected chi connectivity index (χ2v) is 5.29. The smallest absolute Gasteiger partial charge is 0.256 e. The Labute approximate surface area is 133 Å². The largest absolute Gasteiger partial charge is 0.320 e. The van der Waals surface area contributed by atoms with Gasteiger partial charge in [-0.3, -0.25) is 4.79 Å². The zero-order valence-electron chi connectivity index (χ0n) is 11.2. The van der Waals surface area contributed by atoms with Crippen molar-refractivity contribution < 1.29 is 9.18 Å². The predicted octanol–water partition coefficient (Wildman–Crippen LogP) is 3.42. The third-order valence-electron chi connectivity index (χ3n) is 2.99. The van der Waals surface area contributed by atoms with Crippen LogP contribution in [0.3, 0.4) is 0 Å². The topological polar surface area (TPSA) is 59.8 Å². The van der Waals surface area contributed by atoms with Gasteiger partial charge in [-0.15, -0.1) is 0 Å². The lowest BCUT2D eigenvalue weighted by Gasteiger charge is -2.11. The van der Waals surface area contributed by atoms with Crippen LogP contribution in [0, 0.1) is 5.82 Å². The molecule has 0 saturated carbocycles. The molecule has 1 heterocycles. The number of anilines is 1. The van der Waals surface area contributed by atoms with Crippen molar-refractivity contribution in [3.63, 3.8) is 0 Å². The Bertz CT molecular complexity index is 820. The van der Waals surface area contributed by atoms with Crippen LogP contribution in [0.2, 0.25) is 0 Å². The van der Waals surface area contributed by atoms with E-state index in [1.807, 2.05) is 12.1 Å². The first-order chi connectivity index (χ1) is 10.6. The number of hydrogen-bond acceptors (Lipinski definition) is 3. The molecule has 0 aliphatic heterocycles. The summed E-state index contributed by atoms with van der Waals surface area (Å²) < 4.78 is 15.1. The van der Waals surface area contributed by atoms with Crippen molar-refractivity contribution in [1.29, 1.82) is 0 Å². The molecule has 3 aromatic rings. The lowest BCUT2D eigenvalue weighted by molar-refractivity contribution is 0.102. The van der Waals surface area contributed by atoms with Crippen LogP contribution in [0.25, 0.3) is 5.69 Å². The van der Waals surface area contributed by atoms with Gasteiger partial charge in [-0.2, -0.15) is 5.10 Å². The SMILES string of the molecule is O=C(Nc1ccccc1-n1cncn1)c1ccc(F)cc1Br. The molecule has 22 heavy (non-hydrogen) atoms. The molecule has 0 unspecified atom stereocenters. The van der Waals surface area contributed by atoms with Crippen molar-refractivity contribution in [2.24, 2.45) is 0 Å². The highest BCUT2D eigenvalue weighted by atomic mass is 79.9. The molecule has 0 aliphatic rings. The molecular formula is C15H10BrFN4O. The van der Waals surface area contributed by atoms with E-state index in [2.05, 4.69) is 31.3 Å². The highest BCUT2D eigenvalue weighted by molar-refractivity contribution is 9.10. The standard InChI is InChI=1S/C15H10BrFN4O/c16-12-7-10(17)5-6-11(12)15(22)20-13-3-1-2-4-14(13)21-9-18-8-19-21/h1-9H,(H,20,22). The van der Waals surface area contributed by atoms with Crippen LogP contribution in [0.4, 0.5) is 10.1 Å². The zero-order valence-corrected chi connectivity index (χ0v) is 12.8. The normalized spacial score (nSPS) is 10.5.